The van der Waals surface area contributed by atoms with E-state index in [1.54, 1.807) is 0 Å². The molecule has 3 atom stereocenters. The van der Waals surface area contributed by atoms with Crippen molar-refractivity contribution in [3.8, 4) is 0 Å². The third-order valence-corrected chi connectivity index (χ3v) is 4.46. The molecule has 3 unspecified atom stereocenters. The lowest BCUT2D eigenvalue weighted by Crippen LogP contribution is -2.42. The first-order chi connectivity index (χ1) is 7.15. The van der Waals surface area contributed by atoms with Crippen LogP contribution in [0.25, 0.3) is 0 Å². The second-order valence-electron chi connectivity index (χ2n) is 6.04. The Hall–Kier alpha value is -0.0800. The van der Waals surface area contributed by atoms with Crippen LogP contribution in [0.4, 0.5) is 0 Å². The quantitative estimate of drug-likeness (QED) is 0.747. The highest BCUT2D eigenvalue weighted by molar-refractivity contribution is 4.95. The Bertz CT molecular complexity index is 213. The highest BCUT2D eigenvalue weighted by Crippen LogP contribution is 2.44. The van der Waals surface area contributed by atoms with Gasteiger partial charge in [-0.05, 0) is 43.9 Å². The number of rotatable bonds is 4. The summed E-state index contributed by atoms with van der Waals surface area (Å²) in [7, 11) is 0. The maximum atomic E-state index is 9.25. The fraction of sp³-hybridized carbons (Fsp3) is 1.00. The lowest BCUT2D eigenvalue weighted by molar-refractivity contribution is 0.179. The lowest BCUT2D eigenvalue weighted by atomic mass is 9.79. The van der Waals surface area contributed by atoms with Crippen LogP contribution in [0.5, 0.6) is 0 Å². The van der Waals surface area contributed by atoms with Crippen LogP contribution in [0.15, 0.2) is 0 Å². The molecule has 2 heteroatoms. The van der Waals surface area contributed by atoms with Crippen molar-refractivity contribution in [3.05, 3.63) is 0 Å². The Morgan fingerprint density at radius 3 is 2.53 bits per heavy atom. The van der Waals surface area contributed by atoms with Crippen molar-refractivity contribution in [2.24, 2.45) is 17.3 Å². The van der Waals surface area contributed by atoms with Gasteiger partial charge in [-0.15, -0.1) is 0 Å². The molecule has 0 saturated heterocycles. The predicted octanol–water partition coefficient (Wildman–Crippen LogP) is 2.17. The Kier molecular flexibility index (Phi) is 3.36. The Labute approximate surface area is 93.5 Å². The van der Waals surface area contributed by atoms with E-state index in [2.05, 4.69) is 19.2 Å². The second kappa shape index (κ2) is 4.42. The second-order valence-corrected chi connectivity index (χ2v) is 6.04. The average molecular weight is 211 g/mol. The summed E-state index contributed by atoms with van der Waals surface area (Å²) >= 11 is 0. The zero-order valence-electron chi connectivity index (χ0n) is 10.1. The molecule has 2 saturated carbocycles. The summed E-state index contributed by atoms with van der Waals surface area (Å²) in [4.78, 5) is 0. The predicted molar refractivity (Wildman–Crippen MR) is 62.7 cm³/mol. The van der Waals surface area contributed by atoms with Crippen molar-refractivity contribution in [1.29, 1.82) is 0 Å². The van der Waals surface area contributed by atoms with Gasteiger partial charge in [-0.25, -0.2) is 0 Å². The lowest BCUT2D eigenvalue weighted by Gasteiger charge is -2.34. The Morgan fingerprint density at radius 2 is 2.00 bits per heavy atom. The van der Waals surface area contributed by atoms with Gasteiger partial charge >= 0.3 is 0 Å². The summed E-state index contributed by atoms with van der Waals surface area (Å²) in [6.45, 7) is 6.14. The van der Waals surface area contributed by atoms with Gasteiger partial charge in [0.05, 0.1) is 0 Å². The zero-order valence-corrected chi connectivity index (χ0v) is 10.1. The Morgan fingerprint density at radius 1 is 1.27 bits per heavy atom. The van der Waals surface area contributed by atoms with Gasteiger partial charge < -0.3 is 10.4 Å². The topological polar surface area (TPSA) is 32.3 Å². The Balaban J connectivity index is 1.75. The van der Waals surface area contributed by atoms with Gasteiger partial charge in [-0.3, -0.25) is 0 Å². The molecule has 2 fully saturated rings. The van der Waals surface area contributed by atoms with E-state index in [9.17, 15) is 5.11 Å². The van der Waals surface area contributed by atoms with Crippen molar-refractivity contribution in [1.82, 2.24) is 5.32 Å². The molecule has 2 aliphatic carbocycles. The average Bonchev–Trinajstić information content (AvgIpc) is 2.97. The maximum Gasteiger partial charge on any atom is 0.0499 e. The summed E-state index contributed by atoms with van der Waals surface area (Å²) in [6, 6.07) is 0.699. The van der Waals surface area contributed by atoms with E-state index < -0.39 is 0 Å². The molecule has 2 nitrogen and oxygen atoms in total. The number of hydrogen-bond acceptors (Lipinski definition) is 2. The van der Waals surface area contributed by atoms with Gasteiger partial charge in [0.2, 0.25) is 0 Å². The van der Waals surface area contributed by atoms with Crippen LogP contribution in [0, 0.1) is 17.3 Å². The van der Waals surface area contributed by atoms with Gasteiger partial charge in [0.15, 0.2) is 0 Å². The van der Waals surface area contributed by atoms with Crippen molar-refractivity contribution >= 4 is 0 Å². The summed E-state index contributed by atoms with van der Waals surface area (Å²) in [6.07, 6.45) is 6.49. The van der Waals surface area contributed by atoms with Crippen LogP contribution in [-0.2, 0) is 0 Å². The molecule has 2 N–H and O–H groups in total. The molecule has 0 heterocycles. The SMILES string of the molecule is CC1CCC(NCC2(CO)CC2)C(C)C1. The van der Waals surface area contributed by atoms with Crippen LogP contribution in [-0.4, -0.2) is 24.3 Å². The molecular weight excluding hydrogens is 186 g/mol. The normalized spacial score (nSPS) is 39.0. The van der Waals surface area contributed by atoms with Gasteiger partial charge in [0, 0.05) is 24.6 Å². The van der Waals surface area contributed by atoms with Crippen molar-refractivity contribution in [2.45, 2.75) is 52.0 Å². The molecule has 2 aliphatic rings. The largest absolute Gasteiger partial charge is 0.396 e. The van der Waals surface area contributed by atoms with Gasteiger partial charge in [0.25, 0.3) is 0 Å². The maximum absolute atomic E-state index is 9.25. The molecule has 0 aromatic heterocycles. The van der Waals surface area contributed by atoms with E-state index in [0.717, 1.165) is 18.4 Å². The molecule has 0 amide bonds. The van der Waals surface area contributed by atoms with Crippen LogP contribution in [0.1, 0.15) is 46.0 Å². The molecular formula is C13H25NO. The van der Waals surface area contributed by atoms with E-state index >= 15 is 0 Å². The monoisotopic (exact) mass is 211 g/mol. The van der Waals surface area contributed by atoms with Crippen LogP contribution < -0.4 is 5.32 Å². The smallest absolute Gasteiger partial charge is 0.0499 e. The molecule has 0 aromatic rings. The van der Waals surface area contributed by atoms with E-state index in [4.69, 9.17) is 0 Å². The number of hydrogen-bond donors (Lipinski definition) is 2. The van der Waals surface area contributed by atoms with E-state index in [0.29, 0.717) is 12.6 Å². The van der Waals surface area contributed by atoms with Gasteiger partial charge in [0.1, 0.15) is 0 Å². The highest BCUT2D eigenvalue weighted by Gasteiger charge is 2.42. The molecule has 15 heavy (non-hydrogen) atoms. The van der Waals surface area contributed by atoms with Crippen molar-refractivity contribution in [2.75, 3.05) is 13.2 Å². The molecule has 0 spiro atoms. The van der Waals surface area contributed by atoms with E-state index in [1.807, 2.05) is 0 Å². The summed E-state index contributed by atoms with van der Waals surface area (Å²) < 4.78 is 0. The number of aliphatic hydroxyl groups is 1. The third-order valence-electron chi connectivity index (χ3n) is 4.46. The molecule has 0 aromatic carbocycles. The standard InChI is InChI=1S/C13H25NO/c1-10-3-4-12(11(2)7-10)14-8-13(9-15)5-6-13/h10-12,14-15H,3-9H2,1-2H3. The minimum atomic E-state index is 0.267. The first-order valence-corrected chi connectivity index (χ1v) is 6.49. The molecule has 0 bridgehead atoms. The molecule has 0 radical (unpaired) electrons. The first-order valence-electron chi connectivity index (χ1n) is 6.49. The summed E-state index contributed by atoms with van der Waals surface area (Å²) in [5.74, 6) is 1.72. The fourth-order valence-corrected chi connectivity index (χ4v) is 2.88. The van der Waals surface area contributed by atoms with Crippen LogP contribution in [0.2, 0.25) is 0 Å². The molecule has 2 rings (SSSR count). The first kappa shape index (κ1) is 11.4. The van der Waals surface area contributed by atoms with Crippen molar-refractivity contribution < 1.29 is 5.11 Å². The zero-order chi connectivity index (χ0) is 10.9. The summed E-state index contributed by atoms with van der Waals surface area (Å²) in [5, 5.41) is 12.9. The van der Waals surface area contributed by atoms with Crippen LogP contribution in [0.3, 0.4) is 0 Å². The molecule has 0 aliphatic heterocycles. The third kappa shape index (κ3) is 2.73. The van der Waals surface area contributed by atoms with Crippen molar-refractivity contribution in [3.63, 3.8) is 0 Å². The van der Waals surface area contributed by atoms with Gasteiger partial charge in [-0.2, -0.15) is 0 Å². The highest BCUT2D eigenvalue weighted by atomic mass is 16.3. The fourth-order valence-electron chi connectivity index (χ4n) is 2.88. The number of aliphatic hydroxyl groups excluding tert-OH is 1. The molecule has 88 valence electrons. The minimum Gasteiger partial charge on any atom is -0.396 e. The van der Waals surface area contributed by atoms with Crippen LogP contribution >= 0.6 is 0 Å². The van der Waals surface area contributed by atoms with E-state index in [1.165, 1.54) is 32.1 Å². The van der Waals surface area contributed by atoms with Gasteiger partial charge in [-0.1, -0.05) is 13.8 Å². The number of nitrogens with one attached hydrogen (secondary N) is 1. The minimum absolute atomic E-state index is 0.267. The summed E-state index contributed by atoms with van der Waals surface area (Å²) in [5.41, 5.74) is 0.267. The van der Waals surface area contributed by atoms with E-state index in [-0.39, 0.29) is 5.41 Å².